The average molecular weight is 426 g/mol. The van der Waals surface area contributed by atoms with Gasteiger partial charge in [-0.25, -0.2) is 9.97 Å². The zero-order valence-electron chi connectivity index (χ0n) is 16.2. The fourth-order valence-electron chi connectivity index (χ4n) is 2.96. The zero-order valence-corrected chi connectivity index (χ0v) is 17.8. The smallest absolute Gasteiger partial charge is 0.276 e. The highest BCUT2D eigenvalue weighted by molar-refractivity contribution is 7.22. The van der Waals surface area contributed by atoms with Crippen LogP contribution in [0.1, 0.15) is 23.0 Å². The van der Waals surface area contributed by atoms with E-state index in [4.69, 9.17) is 9.47 Å². The molecule has 0 unspecified atom stereocenters. The van der Waals surface area contributed by atoms with Gasteiger partial charge in [-0.1, -0.05) is 30.4 Å². The van der Waals surface area contributed by atoms with E-state index >= 15 is 0 Å². The number of ether oxygens (including phenoxy) is 2. The maximum Gasteiger partial charge on any atom is 0.276 e. The van der Waals surface area contributed by atoms with E-state index in [1.807, 2.05) is 24.3 Å². The van der Waals surface area contributed by atoms with Gasteiger partial charge in [-0.05, 0) is 36.2 Å². The van der Waals surface area contributed by atoms with E-state index in [2.05, 4.69) is 34.3 Å². The second kappa shape index (κ2) is 8.18. The van der Waals surface area contributed by atoms with Gasteiger partial charge >= 0.3 is 0 Å². The average Bonchev–Trinajstić information content (AvgIpc) is 3.39. The van der Waals surface area contributed by atoms with Gasteiger partial charge < -0.3 is 9.47 Å². The third-order valence-corrected chi connectivity index (χ3v) is 6.26. The number of carbonyl (C=O) groups is 1. The fraction of sp³-hybridized carbons (Fsp3) is 0.190. The first-order valence-electron chi connectivity index (χ1n) is 9.00. The molecule has 0 saturated carbocycles. The third kappa shape index (κ3) is 3.81. The second-order valence-electron chi connectivity index (χ2n) is 6.21. The normalized spacial score (nSPS) is 10.9. The van der Waals surface area contributed by atoms with Crippen LogP contribution in [0.15, 0.2) is 41.8 Å². The van der Waals surface area contributed by atoms with Gasteiger partial charge in [0.05, 0.1) is 30.0 Å². The van der Waals surface area contributed by atoms with Crippen LogP contribution in [0.4, 0.5) is 5.13 Å². The van der Waals surface area contributed by atoms with Crippen LogP contribution >= 0.6 is 22.7 Å². The van der Waals surface area contributed by atoms with Crippen molar-refractivity contribution in [3.8, 4) is 22.1 Å². The predicted molar refractivity (Wildman–Crippen MR) is 118 cm³/mol. The number of rotatable bonds is 6. The first kappa shape index (κ1) is 19.4. The Kier molecular flexibility index (Phi) is 5.46. The zero-order chi connectivity index (χ0) is 20.4. The minimum absolute atomic E-state index is 0.288. The predicted octanol–water partition coefficient (Wildman–Crippen LogP) is 5.25. The number of benzene rings is 2. The van der Waals surface area contributed by atoms with E-state index in [0.29, 0.717) is 27.3 Å². The number of nitrogens with zero attached hydrogens (tertiary/aromatic N) is 2. The Morgan fingerprint density at radius 2 is 2.00 bits per heavy atom. The molecule has 2 aromatic carbocycles. The summed E-state index contributed by atoms with van der Waals surface area (Å²) in [6, 6.07) is 11.7. The highest BCUT2D eigenvalue weighted by atomic mass is 32.1. The van der Waals surface area contributed by atoms with Crippen molar-refractivity contribution >= 4 is 43.9 Å². The molecular formula is C21H19N3O3S2. The molecule has 1 N–H and O–H groups in total. The van der Waals surface area contributed by atoms with E-state index in [0.717, 1.165) is 22.2 Å². The number of carbonyl (C=O) groups excluding carboxylic acids is 1. The van der Waals surface area contributed by atoms with E-state index in [1.54, 1.807) is 19.6 Å². The highest BCUT2D eigenvalue weighted by Gasteiger charge is 2.18. The minimum Gasteiger partial charge on any atom is -0.493 e. The molecule has 4 rings (SSSR count). The maximum atomic E-state index is 12.7. The Balaban J connectivity index is 1.58. The molecule has 6 nitrogen and oxygen atoms in total. The first-order valence-corrected chi connectivity index (χ1v) is 10.7. The molecule has 0 radical (unpaired) electrons. The van der Waals surface area contributed by atoms with Crippen LogP contribution in [0.2, 0.25) is 0 Å². The molecule has 148 valence electrons. The number of aromatic nitrogens is 2. The van der Waals surface area contributed by atoms with Crippen molar-refractivity contribution in [1.82, 2.24) is 9.97 Å². The third-order valence-electron chi connectivity index (χ3n) is 4.45. The highest BCUT2D eigenvalue weighted by Crippen LogP contribution is 2.39. The number of amides is 1. The maximum absolute atomic E-state index is 12.7. The second-order valence-corrected chi connectivity index (χ2v) is 8.10. The van der Waals surface area contributed by atoms with Gasteiger partial charge in [0.2, 0.25) is 0 Å². The number of methoxy groups -OCH3 is 2. The van der Waals surface area contributed by atoms with Crippen LogP contribution in [0.25, 0.3) is 20.8 Å². The van der Waals surface area contributed by atoms with Gasteiger partial charge in [0.15, 0.2) is 16.6 Å². The number of para-hydroxylation sites is 1. The SMILES string of the molecule is CCc1ccc2nc(NC(=O)c3csc(-c4cccc(OC)c4OC)n3)sc2c1. The summed E-state index contributed by atoms with van der Waals surface area (Å²) >= 11 is 2.84. The van der Waals surface area contributed by atoms with Crippen LogP contribution < -0.4 is 14.8 Å². The lowest BCUT2D eigenvalue weighted by atomic mass is 10.2. The van der Waals surface area contributed by atoms with Crippen molar-refractivity contribution < 1.29 is 14.3 Å². The topological polar surface area (TPSA) is 73.3 Å². The first-order chi connectivity index (χ1) is 14.1. The number of anilines is 1. The molecule has 0 spiro atoms. The van der Waals surface area contributed by atoms with E-state index in [1.165, 1.54) is 28.2 Å². The van der Waals surface area contributed by atoms with Crippen molar-refractivity contribution in [1.29, 1.82) is 0 Å². The van der Waals surface area contributed by atoms with E-state index in [-0.39, 0.29) is 5.91 Å². The van der Waals surface area contributed by atoms with E-state index < -0.39 is 0 Å². The van der Waals surface area contributed by atoms with Crippen LogP contribution in [0.5, 0.6) is 11.5 Å². The van der Waals surface area contributed by atoms with Gasteiger partial charge in [-0.2, -0.15) is 0 Å². The summed E-state index contributed by atoms with van der Waals surface area (Å²) in [5.74, 6) is 0.922. The molecule has 4 aromatic rings. The molecule has 0 fully saturated rings. The molecule has 1 amide bonds. The number of aryl methyl sites for hydroxylation is 1. The molecule has 0 saturated heterocycles. The molecule has 0 aliphatic heterocycles. The monoisotopic (exact) mass is 425 g/mol. The van der Waals surface area contributed by atoms with Gasteiger partial charge in [0, 0.05) is 5.38 Å². The minimum atomic E-state index is -0.288. The van der Waals surface area contributed by atoms with Crippen LogP contribution in [0, 0.1) is 0 Å². The lowest BCUT2D eigenvalue weighted by Gasteiger charge is -2.10. The van der Waals surface area contributed by atoms with Crippen molar-refractivity contribution in [2.24, 2.45) is 0 Å². The van der Waals surface area contributed by atoms with Crippen molar-refractivity contribution in [2.45, 2.75) is 13.3 Å². The molecular weight excluding hydrogens is 406 g/mol. The molecule has 0 bridgehead atoms. The summed E-state index contributed by atoms with van der Waals surface area (Å²) in [5.41, 5.74) is 3.24. The Labute approximate surface area is 176 Å². The van der Waals surface area contributed by atoms with Gasteiger partial charge in [0.1, 0.15) is 10.7 Å². The van der Waals surface area contributed by atoms with Gasteiger partial charge in [-0.15, -0.1) is 11.3 Å². The fourth-order valence-corrected chi connectivity index (χ4v) is 4.71. The van der Waals surface area contributed by atoms with Gasteiger partial charge in [-0.3, -0.25) is 10.1 Å². The quantitative estimate of drug-likeness (QED) is 0.457. The summed E-state index contributed by atoms with van der Waals surface area (Å²) in [6.07, 6.45) is 0.963. The molecule has 2 aromatic heterocycles. The Morgan fingerprint density at radius 3 is 2.76 bits per heavy atom. The lowest BCUT2D eigenvalue weighted by molar-refractivity contribution is 0.102. The Bertz CT molecular complexity index is 1180. The molecule has 8 heteroatoms. The van der Waals surface area contributed by atoms with Crippen LogP contribution in [0.3, 0.4) is 0 Å². The number of thiazole rings is 2. The summed E-state index contributed by atoms with van der Waals surface area (Å²) in [6.45, 7) is 2.11. The molecule has 29 heavy (non-hydrogen) atoms. The summed E-state index contributed by atoms with van der Waals surface area (Å²) in [4.78, 5) is 21.7. The molecule has 2 heterocycles. The summed E-state index contributed by atoms with van der Waals surface area (Å²) in [7, 11) is 3.17. The number of hydrogen-bond donors (Lipinski definition) is 1. The summed E-state index contributed by atoms with van der Waals surface area (Å²) in [5, 5.41) is 5.83. The Morgan fingerprint density at radius 1 is 1.14 bits per heavy atom. The largest absolute Gasteiger partial charge is 0.493 e. The lowest BCUT2D eigenvalue weighted by Crippen LogP contribution is -2.12. The molecule has 0 aliphatic rings. The van der Waals surface area contributed by atoms with E-state index in [9.17, 15) is 4.79 Å². The van der Waals surface area contributed by atoms with Crippen LogP contribution in [-0.4, -0.2) is 30.1 Å². The number of hydrogen-bond acceptors (Lipinski definition) is 7. The number of fused-ring (bicyclic) bond motifs is 1. The van der Waals surface area contributed by atoms with Crippen molar-refractivity contribution in [2.75, 3.05) is 19.5 Å². The standard InChI is InChI=1S/C21H19N3O3S2/c1-4-12-8-9-14-17(10-12)29-21(23-14)24-19(25)15-11-28-20(22-15)13-6-5-7-16(26-2)18(13)27-3/h5-11H,4H2,1-3H3,(H,23,24,25). The summed E-state index contributed by atoms with van der Waals surface area (Å²) < 4.78 is 11.9. The van der Waals surface area contributed by atoms with Crippen molar-refractivity contribution in [3.05, 3.63) is 53.0 Å². The van der Waals surface area contributed by atoms with Gasteiger partial charge in [0.25, 0.3) is 5.91 Å². The Hall–Kier alpha value is -2.97. The number of nitrogens with one attached hydrogen (secondary N) is 1. The molecule has 0 aliphatic carbocycles. The molecule has 0 atom stereocenters. The van der Waals surface area contributed by atoms with Crippen molar-refractivity contribution in [3.63, 3.8) is 0 Å². The van der Waals surface area contributed by atoms with Crippen LogP contribution in [-0.2, 0) is 6.42 Å².